The number of carbonyl (C=O) groups is 1. The van der Waals surface area contributed by atoms with Crippen molar-refractivity contribution in [1.29, 1.82) is 0 Å². The lowest BCUT2D eigenvalue weighted by Crippen LogP contribution is -2.26. The predicted molar refractivity (Wildman–Crippen MR) is 84.5 cm³/mol. The molecule has 0 fully saturated rings. The fourth-order valence-corrected chi connectivity index (χ4v) is 3.12. The molecule has 0 unspecified atom stereocenters. The molecule has 3 aromatic rings. The first-order valence-electron chi connectivity index (χ1n) is 6.87. The van der Waals surface area contributed by atoms with Crippen LogP contribution in [0, 0.1) is 0 Å². The first-order valence-corrected chi connectivity index (χ1v) is 7.69. The van der Waals surface area contributed by atoms with E-state index in [1.165, 1.54) is 0 Å². The predicted octanol–water partition coefficient (Wildman–Crippen LogP) is 1.12. The van der Waals surface area contributed by atoms with E-state index in [1.807, 2.05) is 24.3 Å². The highest BCUT2D eigenvalue weighted by molar-refractivity contribution is 7.18. The normalized spacial score (nSPS) is 11.0. The Morgan fingerprint density at radius 3 is 3.00 bits per heavy atom. The average molecular weight is 316 g/mol. The van der Waals surface area contributed by atoms with Gasteiger partial charge in [0.15, 0.2) is 5.69 Å². The van der Waals surface area contributed by atoms with Gasteiger partial charge in [0, 0.05) is 13.6 Å². The molecule has 0 radical (unpaired) electrons. The summed E-state index contributed by atoms with van der Waals surface area (Å²) in [6, 6.07) is 7.93. The lowest BCUT2D eigenvalue weighted by atomic mass is 10.3. The number of nitrogens with two attached hydrogens (primary N) is 1. The first-order chi connectivity index (χ1) is 10.7. The van der Waals surface area contributed by atoms with Crippen LogP contribution in [0.15, 0.2) is 30.5 Å². The van der Waals surface area contributed by atoms with Crippen molar-refractivity contribution in [3.63, 3.8) is 0 Å². The summed E-state index contributed by atoms with van der Waals surface area (Å²) in [5, 5.41) is 8.66. The maximum atomic E-state index is 12.3. The lowest BCUT2D eigenvalue weighted by Gasteiger charge is -2.13. The molecule has 2 aromatic heterocycles. The van der Waals surface area contributed by atoms with Gasteiger partial charge in [-0.2, -0.15) is 0 Å². The van der Waals surface area contributed by atoms with Crippen molar-refractivity contribution in [3.8, 4) is 0 Å². The molecule has 1 aromatic carbocycles. The highest BCUT2D eigenvalue weighted by Gasteiger charge is 2.17. The van der Waals surface area contributed by atoms with Crippen molar-refractivity contribution in [2.75, 3.05) is 13.6 Å². The molecule has 2 heterocycles. The molecule has 2 N–H and O–H groups in total. The van der Waals surface area contributed by atoms with Gasteiger partial charge in [0.2, 0.25) is 0 Å². The van der Waals surface area contributed by atoms with E-state index >= 15 is 0 Å². The zero-order chi connectivity index (χ0) is 15.5. The number of fused-ring (bicyclic) bond motifs is 1. The van der Waals surface area contributed by atoms with Crippen molar-refractivity contribution in [1.82, 2.24) is 24.9 Å². The highest BCUT2D eigenvalue weighted by Crippen LogP contribution is 2.22. The Hall–Kier alpha value is -2.32. The van der Waals surface area contributed by atoms with Crippen LogP contribution in [0.1, 0.15) is 15.5 Å². The summed E-state index contributed by atoms with van der Waals surface area (Å²) in [4.78, 5) is 18.5. The second-order valence-electron chi connectivity index (χ2n) is 4.89. The molecule has 0 saturated heterocycles. The Morgan fingerprint density at radius 2 is 2.23 bits per heavy atom. The van der Waals surface area contributed by atoms with Crippen molar-refractivity contribution in [2.24, 2.45) is 5.73 Å². The standard InChI is InChI=1S/C14H16N6OS/c1-19(14(21)11-8-20(7-6-15)18-17-11)9-13-16-10-4-2-3-5-12(10)22-13/h2-5,8H,6-7,9,15H2,1H3. The number of benzene rings is 1. The summed E-state index contributed by atoms with van der Waals surface area (Å²) in [6.07, 6.45) is 1.62. The summed E-state index contributed by atoms with van der Waals surface area (Å²) in [6.45, 7) is 1.45. The fraction of sp³-hybridized carbons (Fsp3) is 0.286. The molecule has 0 atom stereocenters. The molecule has 0 spiro atoms. The minimum atomic E-state index is -0.178. The number of para-hydroxylation sites is 1. The van der Waals surface area contributed by atoms with Gasteiger partial charge in [-0.05, 0) is 12.1 Å². The molecule has 0 saturated carbocycles. The van der Waals surface area contributed by atoms with Crippen LogP contribution in [0.3, 0.4) is 0 Å². The van der Waals surface area contributed by atoms with Gasteiger partial charge in [-0.25, -0.2) is 4.98 Å². The minimum absolute atomic E-state index is 0.178. The third kappa shape index (κ3) is 2.97. The molecule has 0 aliphatic rings. The second kappa shape index (κ2) is 6.20. The average Bonchev–Trinajstić information content (AvgIpc) is 3.12. The summed E-state index contributed by atoms with van der Waals surface area (Å²) in [5.41, 5.74) is 6.73. The van der Waals surface area contributed by atoms with Crippen LogP contribution in [-0.2, 0) is 13.1 Å². The Bertz CT molecular complexity index is 762. The van der Waals surface area contributed by atoms with Gasteiger partial charge in [0.05, 0.1) is 29.5 Å². The quantitative estimate of drug-likeness (QED) is 0.762. The molecule has 0 bridgehead atoms. The number of hydrogen-bond donors (Lipinski definition) is 1. The van der Waals surface area contributed by atoms with E-state index in [2.05, 4.69) is 15.3 Å². The maximum absolute atomic E-state index is 12.3. The molecule has 114 valence electrons. The lowest BCUT2D eigenvalue weighted by molar-refractivity contribution is 0.0779. The van der Waals surface area contributed by atoms with Gasteiger partial charge < -0.3 is 10.6 Å². The number of thiazole rings is 1. The van der Waals surface area contributed by atoms with Crippen molar-refractivity contribution in [3.05, 3.63) is 41.2 Å². The molecule has 8 heteroatoms. The Kier molecular flexibility index (Phi) is 4.12. The van der Waals surface area contributed by atoms with Crippen molar-refractivity contribution < 1.29 is 4.79 Å². The third-order valence-corrected chi connectivity index (χ3v) is 4.19. The number of amides is 1. The SMILES string of the molecule is CN(Cc1nc2ccccc2s1)C(=O)c1cn(CCN)nn1. The number of aromatic nitrogens is 4. The van der Waals surface area contributed by atoms with Crippen LogP contribution in [-0.4, -0.2) is 44.4 Å². The van der Waals surface area contributed by atoms with E-state index in [-0.39, 0.29) is 5.91 Å². The number of nitrogens with zero attached hydrogens (tertiary/aromatic N) is 5. The van der Waals surface area contributed by atoms with Crippen LogP contribution in [0.25, 0.3) is 10.2 Å². The smallest absolute Gasteiger partial charge is 0.276 e. The maximum Gasteiger partial charge on any atom is 0.276 e. The van der Waals surface area contributed by atoms with E-state index in [4.69, 9.17) is 5.73 Å². The van der Waals surface area contributed by atoms with Gasteiger partial charge in [-0.1, -0.05) is 17.3 Å². The third-order valence-electron chi connectivity index (χ3n) is 3.17. The minimum Gasteiger partial charge on any atom is -0.333 e. The molecular formula is C14H16N6OS. The number of rotatable bonds is 5. The molecule has 0 aliphatic heterocycles. The Morgan fingerprint density at radius 1 is 1.41 bits per heavy atom. The molecule has 7 nitrogen and oxygen atoms in total. The zero-order valence-corrected chi connectivity index (χ0v) is 13.0. The molecular weight excluding hydrogens is 300 g/mol. The second-order valence-corrected chi connectivity index (χ2v) is 6.01. The van der Waals surface area contributed by atoms with Gasteiger partial charge in [0.1, 0.15) is 5.01 Å². The Labute approximate surface area is 131 Å². The van der Waals surface area contributed by atoms with Crippen LogP contribution in [0.5, 0.6) is 0 Å². The van der Waals surface area contributed by atoms with Crippen molar-refractivity contribution >= 4 is 27.5 Å². The van der Waals surface area contributed by atoms with E-state index in [0.29, 0.717) is 25.3 Å². The highest BCUT2D eigenvalue weighted by atomic mass is 32.1. The zero-order valence-electron chi connectivity index (χ0n) is 12.1. The van der Waals surface area contributed by atoms with E-state index in [0.717, 1.165) is 15.2 Å². The van der Waals surface area contributed by atoms with E-state index in [9.17, 15) is 4.79 Å². The number of hydrogen-bond acceptors (Lipinski definition) is 6. The molecule has 22 heavy (non-hydrogen) atoms. The van der Waals surface area contributed by atoms with Gasteiger partial charge in [-0.3, -0.25) is 9.48 Å². The molecule has 1 amide bonds. The van der Waals surface area contributed by atoms with Gasteiger partial charge in [0.25, 0.3) is 5.91 Å². The van der Waals surface area contributed by atoms with Gasteiger partial charge in [-0.15, -0.1) is 16.4 Å². The fourth-order valence-electron chi connectivity index (χ4n) is 2.10. The molecule has 3 rings (SSSR count). The summed E-state index contributed by atoms with van der Waals surface area (Å²) >= 11 is 1.59. The largest absolute Gasteiger partial charge is 0.333 e. The van der Waals surface area contributed by atoms with Gasteiger partial charge >= 0.3 is 0 Å². The van der Waals surface area contributed by atoms with E-state index in [1.54, 1.807) is 34.2 Å². The van der Waals surface area contributed by atoms with Crippen LogP contribution in [0.4, 0.5) is 0 Å². The molecule has 0 aliphatic carbocycles. The Balaban J connectivity index is 1.72. The monoisotopic (exact) mass is 316 g/mol. The van der Waals surface area contributed by atoms with Crippen LogP contribution >= 0.6 is 11.3 Å². The van der Waals surface area contributed by atoms with Crippen LogP contribution < -0.4 is 5.73 Å². The first kappa shape index (κ1) is 14.6. The topological polar surface area (TPSA) is 89.9 Å². The number of carbonyl (C=O) groups excluding carboxylic acids is 1. The van der Waals surface area contributed by atoms with Crippen LogP contribution in [0.2, 0.25) is 0 Å². The summed E-state index contributed by atoms with van der Waals surface area (Å²) < 4.78 is 2.69. The van der Waals surface area contributed by atoms with E-state index < -0.39 is 0 Å². The summed E-state index contributed by atoms with van der Waals surface area (Å²) in [5.74, 6) is -0.178. The summed E-state index contributed by atoms with van der Waals surface area (Å²) in [7, 11) is 1.73. The van der Waals surface area contributed by atoms with Crippen molar-refractivity contribution in [2.45, 2.75) is 13.1 Å².